The molecule has 100 valence electrons. The molecule has 1 fully saturated rings. The highest BCUT2D eigenvalue weighted by Crippen LogP contribution is 2.16. The van der Waals surface area contributed by atoms with Crippen molar-refractivity contribution in [2.45, 2.75) is 19.3 Å². The van der Waals surface area contributed by atoms with Crippen LogP contribution in [-0.2, 0) is 0 Å². The van der Waals surface area contributed by atoms with Crippen molar-refractivity contribution in [3.8, 4) is 11.8 Å². The number of hydrogen-bond donors (Lipinski definition) is 1. The number of amides is 1. The molecule has 2 rings (SSSR count). The Morgan fingerprint density at radius 2 is 2.05 bits per heavy atom. The molecule has 1 saturated heterocycles. The normalized spacial score (nSPS) is 14.7. The molecule has 1 heterocycles. The highest BCUT2D eigenvalue weighted by atomic mass is 19.1. The number of halogens is 1. The number of benzene rings is 1. The molecule has 2 N–H and O–H groups in total. The summed E-state index contributed by atoms with van der Waals surface area (Å²) in [5.74, 6) is 4.67. The molecule has 0 radical (unpaired) electrons. The van der Waals surface area contributed by atoms with E-state index in [9.17, 15) is 9.18 Å². The van der Waals surface area contributed by atoms with E-state index >= 15 is 0 Å². The topological polar surface area (TPSA) is 46.3 Å². The molecule has 0 bridgehead atoms. The number of nitrogens with two attached hydrogens (primary N) is 1. The van der Waals surface area contributed by atoms with E-state index < -0.39 is 5.82 Å². The van der Waals surface area contributed by atoms with Crippen molar-refractivity contribution in [1.29, 1.82) is 0 Å². The van der Waals surface area contributed by atoms with Crippen molar-refractivity contribution < 1.29 is 9.18 Å². The standard InChI is InChI=1S/C15H17FN2O/c16-14-11-12(5-4-8-17)6-7-13(14)15(19)18-9-2-1-3-10-18/h6-7,11H,1-3,8-10,17H2. The van der Waals surface area contributed by atoms with Crippen molar-refractivity contribution >= 4 is 5.91 Å². The lowest BCUT2D eigenvalue weighted by Gasteiger charge is -2.26. The molecular formula is C15H17FN2O. The number of hydrogen-bond acceptors (Lipinski definition) is 2. The van der Waals surface area contributed by atoms with E-state index in [1.807, 2.05) is 0 Å². The number of rotatable bonds is 1. The third-order valence-electron chi connectivity index (χ3n) is 3.18. The Bertz CT molecular complexity index is 525. The van der Waals surface area contributed by atoms with Gasteiger partial charge in [-0.2, -0.15) is 0 Å². The van der Waals surface area contributed by atoms with E-state index in [0.717, 1.165) is 19.3 Å². The van der Waals surface area contributed by atoms with Gasteiger partial charge in [0.15, 0.2) is 0 Å². The van der Waals surface area contributed by atoms with Crippen LogP contribution in [0.15, 0.2) is 18.2 Å². The Morgan fingerprint density at radius 3 is 2.68 bits per heavy atom. The van der Waals surface area contributed by atoms with Gasteiger partial charge >= 0.3 is 0 Å². The van der Waals surface area contributed by atoms with Crippen LogP contribution in [0, 0.1) is 17.7 Å². The van der Waals surface area contributed by atoms with Crippen LogP contribution in [0.2, 0.25) is 0 Å². The molecule has 1 aliphatic heterocycles. The number of nitrogens with zero attached hydrogens (tertiary/aromatic N) is 1. The summed E-state index contributed by atoms with van der Waals surface area (Å²) in [5, 5.41) is 0. The number of piperidine rings is 1. The summed E-state index contributed by atoms with van der Waals surface area (Å²) in [7, 11) is 0. The van der Waals surface area contributed by atoms with Crippen LogP contribution in [0.1, 0.15) is 35.2 Å². The van der Waals surface area contributed by atoms with E-state index in [4.69, 9.17) is 5.73 Å². The minimum absolute atomic E-state index is 0.125. The van der Waals surface area contributed by atoms with Gasteiger partial charge in [-0.05, 0) is 37.5 Å². The fourth-order valence-electron chi connectivity index (χ4n) is 2.19. The maximum absolute atomic E-state index is 13.9. The highest BCUT2D eigenvalue weighted by molar-refractivity contribution is 5.94. The monoisotopic (exact) mass is 260 g/mol. The Labute approximate surface area is 112 Å². The first kappa shape index (κ1) is 13.6. The molecule has 0 unspecified atom stereocenters. The summed E-state index contributed by atoms with van der Waals surface area (Å²) < 4.78 is 13.9. The van der Waals surface area contributed by atoms with Crippen LogP contribution in [0.4, 0.5) is 4.39 Å². The van der Waals surface area contributed by atoms with Gasteiger partial charge in [0.1, 0.15) is 5.82 Å². The van der Waals surface area contributed by atoms with E-state index in [1.54, 1.807) is 11.0 Å². The van der Waals surface area contributed by atoms with Crippen molar-refractivity contribution in [3.05, 3.63) is 35.1 Å². The Hall–Kier alpha value is -1.86. The molecule has 1 aliphatic rings. The van der Waals surface area contributed by atoms with Crippen LogP contribution in [0.3, 0.4) is 0 Å². The van der Waals surface area contributed by atoms with Gasteiger partial charge in [0.2, 0.25) is 0 Å². The molecule has 0 atom stereocenters. The minimum Gasteiger partial charge on any atom is -0.339 e. The smallest absolute Gasteiger partial charge is 0.256 e. The summed E-state index contributed by atoms with van der Waals surface area (Å²) in [6, 6.07) is 4.45. The van der Waals surface area contributed by atoms with E-state index in [2.05, 4.69) is 11.8 Å². The van der Waals surface area contributed by atoms with Crippen LogP contribution in [-0.4, -0.2) is 30.4 Å². The van der Waals surface area contributed by atoms with Crippen molar-refractivity contribution in [2.75, 3.05) is 19.6 Å². The van der Waals surface area contributed by atoms with Gasteiger partial charge in [-0.25, -0.2) is 4.39 Å². The molecule has 0 aliphatic carbocycles. The number of carbonyl (C=O) groups excluding carboxylic acids is 1. The summed E-state index contributed by atoms with van der Waals surface area (Å²) in [6.45, 7) is 1.66. The maximum Gasteiger partial charge on any atom is 0.256 e. The maximum atomic E-state index is 13.9. The van der Waals surface area contributed by atoms with Crippen molar-refractivity contribution in [2.24, 2.45) is 5.73 Å². The van der Waals surface area contributed by atoms with Crippen LogP contribution in [0.5, 0.6) is 0 Å². The first-order valence-corrected chi connectivity index (χ1v) is 6.50. The molecule has 19 heavy (non-hydrogen) atoms. The van der Waals surface area contributed by atoms with Crippen LogP contribution < -0.4 is 5.73 Å². The first-order valence-electron chi connectivity index (χ1n) is 6.50. The first-order chi connectivity index (χ1) is 9.22. The molecule has 0 aromatic heterocycles. The second-order valence-electron chi connectivity index (χ2n) is 4.55. The molecule has 4 heteroatoms. The fraction of sp³-hybridized carbons (Fsp3) is 0.400. The average Bonchev–Trinajstić information content (AvgIpc) is 2.45. The minimum atomic E-state index is -0.514. The quantitative estimate of drug-likeness (QED) is 0.782. The predicted octanol–water partition coefficient (Wildman–Crippen LogP) is 1.76. The number of carbonyl (C=O) groups is 1. The van der Waals surface area contributed by atoms with Gasteiger partial charge in [0, 0.05) is 18.7 Å². The molecule has 1 amide bonds. The lowest BCUT2D eigenvalue weighted by atomic mass is 10.1. The molecule has 1 aromatic carbocycles. The van der Waals surface area contributed by atoms with Gasteiger partial charge < -0.3 is 10.6 Å². The van der Waals surface area contributed by atoms with Gasteiger partial charge in [-0.1, -0.05) is 11.8 Å². The second-order valence-corrected chi connectivity index (χ2v) is 4.55. The summed E-state index contributed by atoms with van der Waals surface area (Å²) >= 11 is 0. The van der Waals surface area contributed by atoms with Crippen molar-refractivity contribution in [3.63, 3.8) is 0 Å². The fourth-order valence-corrected chi connectivity index (χ4v) is 2.19. The average molecular weight is 260 g/mol. The third-order valence-corrected chi connectivity index (χ3v) is 3.18. The molecule has 1 aromatic rings. The van der Waals surface area contributed by atoms with E-state index in [1.165, 1.54) is 12.1 Å². The second kappa shape index (κ2) is 6.35. The van der Waals surface area contributed by atoms with Gasteiger partial charge in [-0.15, -0.1) is 0 Å². The van der Waals surface area contributed by atoms with E-state index in [0.29, 0.717) is 18.7 Å². The SMILES string of the molecule is NCC#Cc1ccc(C(=O)N2CCCCC2)c(F)c1. The summed E-state index contributed by atoms with van der Waals surface area (Å²) in [6.07, 6.45) is 3.13. The molecular weight excluding hydrogens is 243 g/mol. The molecule has 0 saturated carbocycles. The lowest BCUT2D eigenvalue weighted by Crippen LogP contribution is -2.36. The zero-order valence-corrected chi connectivity index (χ0v) is 10.8. The largest absolute Gasteiger partial charge is 0.339 e. The van der Waals surface area contributed by atoms with Gasteiger partial charge in [-0.3, -0.25) is 4.79 Å². The Morgan fingerprint density at radius 1 is 1.32 bits per heavy atom. The zero-order valence-electron chi connectivity index (χ0n) is 10.8. The third kappa shape index (κ3) is 3.33. The van der Waals surface area contributed by atoms with E-state index in [-0.39, 0.29) is 18.0 Å². The summed E-state index contributed by atoms with van der Waals surface area (Å²) in [4.78, 5) is 13.9. The van der Waals surface area contributed by atoms with Crippen LogP contribution in [0.25, 0.3) is 0 Å². The Balaban J connectivity index is 2.18. The number of likely N-dealkylation sites (tertiary alicyclic amines) is 1. The predicted molar refractivity (Wildman–Crippen MR) is 72.1 cm³/mol. The van der Waals surface area contributed by atoms with Crippen molar-refractivity contribution in [1.82, 2.24) is 4.90 Å². The molecule has 3 nitrogen and oxygen atoms in total. The lowest BCUT2D eigenvalue weighted by molar-refractivity contribution is 0.0719. The summed E-state index contributed by atoms with van der Waals surface area (Å²) in [5.41, 5.74) is 5.93. The zero-order chi connectivity index (χ0) is 13.7. The molecule has 0 spiro atoms. The van der Waals surface area contributed by atoms with Gasteiger partial charge in [0.05, 0.1) is 12.1 Å². The highest BCUT2D eigenvalue weighted by Gasteiger charge is 2.20. The van der Waals surface area contributed by atoms with Gasteiger partial charge in [0.25, 0.3) is 5.91 Å². The Kier molecular flexibility index (Phi) is 4.53. The van der Waals surface area contributed by atoms with Crippen LogP contribution >= 0.6 is 0 Å².